The predicted octanol–water partition coefficient (Wildman–Crippen LogP) is 0.230. The first-order valence-corrected chi connectivity index (χ1v) is 10.8. The summed E-state index contributed by atoms with van der Waals surface area (Å²) in [5.74, 6) is 1.52. The third-order valence-corrected chi connectivity index (χ3v) is 5.48. The summed E-state index contributed by atoms with van der Waals surface area (Å²) in [7, 11) is 0. The number of carbonyl (C=O) groups excluding carboxylic acids is 1. The van der Waals surface area contributed by atoms with E-state index in [-0.39, 0.29) is 18.1 Å². The zero-order chi connectivity index (χ0) is 22.4. The summed E-state index contributed by atoms with van der Waals surface area (Å²) in [6, 6.07) is 8.06. The van der Waals surface area contributed by atoms with Crippen molar-refractivity contribution in [3.05, 3.63) is 41.6 Å². The number of nitrogens with zero attached hydrogens (tertiary/aromatic N) is 6. The van der Waals surface area contributed by atoms with Crippen molar-refractivity contribution in [1.29, 1.82) is 0 Å². The summed E-state index contributed by atoms with van der Waals surface area (Å²) in [6.45, 7) is 1.57. The van der Waals surface area contributed by atoms with Gasteiger partial charge >= 0.3 is 6.01 Å². The van der Waals surface area contributed by atoms with Crippen LogP contribution < -0.4 is 20.7 Å². The maximum atomic E-state index is 12.0. The average Bonchev–Trinajstić information content (AvgIpc) is 3.17. The quantitative estimate of drug-likeness (QED) is 0.402. The van der Waals surface area contributed by atoms with Crippen LogP contribution in [0.5, 0.6) is 11.8 Å². The van der Waals surface area contributed by atoms with E-state index in [0.717, 1.165) is 37.3 Å². The Morgan fingerprint density at radius 3 is 2.94 bits per heavy atom. The van der Waals surface area contributed by atoms with Gasteiger partial charge in [-0.05, 0) is 25.0 Å². The van der Waals surface area contributed by atoms with Crippen LogP contribution in [0.2, 0.25) is 0 Å². The van der Waals surface area contributed by atoms with Gasteiger partial charge in [-0.3, -0.25) is 9.79 Å². The number of carbonyl (C=O) groups is 1. The van der Waals surface area contributed by atoms with Gasteiger partial charge in [-0.25, -0.2) is 4.99 Å². The molecule has 3 aliphatic rings. The summed E-state index contributed by atoms with van der Waals surface area (Å²) in [5.41, 5.74) is 2.31. The molecule has 0 saturated heterocycles. The Balaban J connectivity index is 1.35. The van der Waals surface area contributed by atoms with Crippen LogP contribution in [0.25, 0.3) is 5.65 Å². The predicted molar refractivity (Wildman–Crippen MR) is 119 cm³/mol. The van der Waals surface area contributed by atoms with Gasteiger partial charge in [0.15, 0.2) is 5.65 Å². The number of rotatable bonds is 7. The second kappa shape index (κ2) is 7.81. The van der Waals surface area contributed by atoms with E-state index >= 15 is 0 Å². The SMILES string of the molecule is O=C1NC(O)N=C1Cc1cnn2c(NC3CC3)nc(Oc3cccc(C4=NCCN4)c3)nc12. The van der Waals surface area contributed by atoms with Crippen molar-refractivity contribution in [3.8, 4) is 11.8 Å². The molecule has 1 unspecified atom stereocenters. The van der Waals surface area contributed by atoms with Crippen molar-refractivity contribution in [3.63, 3.8) is 0 Å². The highest BCUT2D eigenvalue weighted by Crippen LogP contribution is 2.27. The van der Waals surface area contributed by atoms with Crippen molar-refractivity contribution in [2.75, 3.05) is 18.4 Å². The van der Waals surface area contributed by atoms with E-state index in [1.54, 1.807) is 10.7 Å². The molecular weight excluding hydrogens is 426 g/mol. The van der Waals surface area contributed by atoms with Crippen molar-refractivity contribution < 1.29 is 14.6 Å². The molecule has 168 valence electrons. The van der Waals surface area contributed by atoms with E-state index in [4.69, 9.17) is 4.74 Å². The van der Waals surface area contributed by atoms with Gasteiger partial charge in [0.05, 0.1) is 12.7 Å². The molecule has 1 aliphatic carbocycles. The Morgan fingerprint density at radius 2 is 2.18 bits per heavy atom. The highest BCUT2D eigenvalue weighted by atomic mass is 16.5. The number of nitrogens with one attached hydrogen (secondary N) is 3. The number of benzene rings is 1. The van der Waals surface area contributed by atoms with Gasteiger partial charge in [0.2, 0.25) is 12.3 Å². The lowest BCUT2D eigenvalue weighted by Crippen LogP contribution is -2.29. The molecule has 1 saturated carbocycles. The summed E-state index contributed by atoms with van der Waals surface area (Å²) in [5, 5.41) is 22.9. The molecule has 4 heterocycles. The first kappa shape index (κ1) is 19.6. The van der Waals surface area contributed by atoms with E-state index in [2.05, 4.69) is 41.0 Å². The fraction of sp³-hybridized carbons (Fsp3) is 0.333. The van der Waals surface area contributed by atoms with Crippen molar-refractivity contribution in [2.45, 2.75) is 31.7 Å². The van der Waals surface area contributed by atoms with E-state index in [1.807, 2.05) is 24.3 Å². The van der Waals surface area contributed by atoms with Gasteiger partial charge < -0.3 is 25.8 Å². The van der Waals surface area contributed by atoms with Gasteiger partial charge in [-0.1, -0.05) is 12.1 Å². The number of amides is 1. The Kier molecular flexibility index (Phi) is 4.64. The third-order valence-electron chi connectivity index (χ3n) is 5.48. The standard InChI is InChI=1S/C21H21N9O3/c31-18-15(26-20(32)28-18)9-12-10-24-30-17(12)27-21(29-19(30)25-13-4-5-13)33-14-3-1-2-11(8-14)16-22-6-7-23-16/h1-3,8,10,13,20,32H,4-7,9H2,(H,22,23)(H,28,31)(H,25,27,29). The second-order valence-electron chi connectivity index (χ2n) is 8.04. The number of fused-ring (bicyclic) bond motifs is 1. The number of anilines is 1. The fourth-order valence-corrected chi connectivity index (χ4v) is 3.73. The molecule has 2 aliphatic heterocycles. The van der Waals surface area contributed by atoms with Crippen LogP contribution in [0.3, 0.4) is 0 Å². The van der Waals surface area contributed by atoms with Crippen LogP contribution in [0, 0.1) is 0 Å². The van der Waals surface area contributed by atoms with Crippen LogP contribution in [0.4, 0.5) is 5.95 Å². The third kappa shape index (κ3) is 3.96. The van der Waals surface area contributed by atoms with Gasteiger partial charge in [0.1, 0.15) is 17.3 Å². The topological polar surface area (TPSA) is 150 Å². The van der Waals surface area contributed by atoms with Crippen LogP contribution >= 0.6 is 0 Å². The molecule has 2 aromatic heterocycles. The van der Waals surface area contributed by atoms with Gasteiger partial charge in [0, 0.05) is 30.1 Å². The van der Waals surface area contributed by atoms with Crippen LogP contribution in [-0.4, -0.2) is 67.6 Å². The monoisotopic (exact) mass is 447 g/mol. The average molecular weight is 447 g/mol. The van der Waals surface area contributed by atoms with Gasteiger partial charge in [-0.2, -0.15) is 19.6 Å². The molecule has 4 N–H and O–H groups in total. The van der Waals surface area contributed by atoms with Crippen LogP contribution in [0.1, 0.15) is 24.0 Å². The zero-order valence-corrected chi connectivity index (χ0v) is 17.5. The van der Waals surface area contributed by atoms with Crippen molar-refractivity contribution in [1.82, 2.24) is 30.2 Å². The van der Waals surface area contributed by atoms with Gasteiger partial charge in [0.25, 0.3) is 5.91 Å². The molecule has 1 aromatic carbocycles. The molecule has 0 bridgehead atoms. The van der Waals surface area contributed by atoms with Crippen LogP contribution in [-0.2, 0) is 11.2 Å². The minimum atomic E-state index is -1.22. The molecule has 1 atom stereocenters. The molecule has 3 aromatic rings. The zero-order valence-electron chi connectivity index (χ0n) is 17.5. The number of ether oxygens (including phenoxy) is 1. The van der Waals surface area contributed by atoms with Crippen molar-refractivity contribution >= 4 is 29.1 Å². The normalized spacial score (nSPS) is 19.8. The molecular formula is C21H21N9O3. The van der Waals surface area contributed by atoms with Gasteiger partial charge in [-0.15, -0.1) is 0 Å². The molecule has 0 spiro atoms. The summed E-state index contributed by atoms with van der Waals surface area (Å²) < 4.78 is 7.62. The maximum absolute atomic E-state index is 12.0. The molecule has 12 nitrogen and oxygen atoms in total. The molecule has 1 amide bonds. The van der Waals surface area contributed by atoms with E-state index in [0.29, 0.717) is 29.0 Å². The Bertz CT molecular complexity index is 1310. The molecule has 1 fully saturated rings. The smallest absolute Gasteiger partial charge is 0.327 e. The number of aliphatic hydroxyl groups excluding tert-OH is 1. The minimum absolute atomic E-state index is 0.156. The maximum Gasteiger partial charge on any atom is 0.327 e. The Labute approximate surface area is 187 Å². The lowest BCUT2D eigenvalue weighted by molar-refractivity contribution is -0.116. The number of aromatic nitrogens is 4. The lowest BCUT2D eigenvalue weighted by Gasteiger charge is -2.10. The molecule has 12 heteroatoms. The summed E-state index contributed by atoms with van der Waals surface area (Å²) in [4.78, 5) is 29.5. The number of amidine groups is 1. The number of hydrogen-bond acceptors (Lipinski definition) is 10. The van der Waals surface area contributed by atoms with Crippen molar-refractivity contribution in [2.24, 2.45) is 9.98 Å². The second-order valence-corrected chi connectivity index (χ2v) is 8.04. The number of aliphatic hydroxyl groups is 1. The molecule has 33 heavy (non-hydrogen) atoms. The summed E-state index contributed by atoms with van der Waals surface area (Å²) >= 11 is 0. The number of hydrogen-bond donors (Lipinski definition) is 4. The largest absolute Gasteiger partial charge is 0.424 e. The molecule has 0 radical (unpaired) electrons. The minimum Gasteiger partial charge on any atom is -0.424 e. The fourth-order valence-electron chi connectivity index (χ4n) is 3.73. The highest BCUT2D eigenvalue weighted by Gasteiger charge is 2.27. The lowest BCUT2D eigenvalue weighted by atomic mass is 10.1. The number of aliphatic imine (C=N–C) groups is 2. The Hall–Kier alpha value is -4.06. The van der Waals surface area contributed by atoms with E-state index in [9.17, 15) is 9.90 Å². The van der Waals surface area contributed by atoms with E-state index < -0.39 is 12.3 Å². The first-order valence-electron chi connectivity index (χ1n) is 10.8. The first-order chi connectivity index (χ1) is 16.1. The molecule has 6 rings (SSSR count). The van der Waals surface area contributed by atoms with Crippen LogP contribution in [0.15, 0.2) is 40.4 Å². The summed E-state index contributed by atoms with van der Waals surface area (Å²) in [6.07, 6.45) is 2.69. The van der Waals surface area contributed by atoms with E-state index in [1.165, 1.54) is 0 Å². The Morgan fingerprint density at radius 1 is 1.27 bits per heavy atom. The highest BCUT2D eigenvalue weighted by molar-refractivity contribution is 6.40.